The average Bonchev–Trinajstić information content (AvgIpc) is 2.47. The van der Waals surface area contributed by atoms with Gasteiger partial charge in [0.05, 0.1) is 0 Å². The molecule has 1 aromatic heterocycles. The normalized spacial score (nSPS) is 12.2. The Balaban J connectivity index is 2.61. The molecule has 0 amide bonds. The van der Waals surface area contributed by atoms with E-state index in [-0.39, 0.29) is 0 Å². The number of aromatic nitrogens is 1. The summed E-state index contributed by atoms with van der Waals surface area (Å²) in [5, 5.41) is 0.795. The van der Waals surface area contributed by atoms with Crippen LogP contribution in [0.4, 0.5) is 12.9 Å². The molecule has 0 bridgehead atoms. The summed E-state index contributed by atoms with van der Waals surface area (Å²) in [5.41, 5.74) is -0.0355. The van der Waals surface area contributed by atoms with Crippen LogP contribution in [0.5, 0.6) is 0 Å². The van der Waals surface area contributed by atoms with Crippen LogP contribution in [-0.4, -0.2) is 12.0 Å². The smallest absolute Gasteiger partial charge is 0.445 e. The van der Waals surface area contributed by atoms with Gasteiger partial charge in [-0.25, -0.2) is 0 Å². The Morgan fingerprint density at radius 2 is 1.85 bits per heavy atom. The first-order valence-electron chi connectivity index (χ1n) is 3.84. The zero-order valence-corrected chi connectivity index (χ0v) is 6.60. The minimum atomic E-state index is -4.89. The van der Waals surface area contributed by atoms with E-state index >= 15 is 0 Å². The first-order valence-corrected chi connectivity index (χ1v) is 3.84. The van der Waals surface area contributed by atoms with Crippen molar-refractivity contribution in [2.45, 2.75) is 0 Å². The number of aromatic amines is 1. The first-order chi connectivity index (χ1) is 6.07. The summed E-state index contributed by atoms with van der Waals surface area (Å²) in [6, 6.07) is 5.45. The van der Waals surface area contributed by atoms with Crippen LogP contribution in [-0.2, 0) is 0 Å². The monoisotopic (exact) mass is 184 g/mol. The van der Waals surface area contributed by atoms with E-state index < -0.39 is 12.4 Å². The number of halogens is 3. The Kier molecular flexibility index (Phi) is 1.61. The number of benzene rings is 1. The molecule has 2 aromatic rings. The molecule has 0 radical (unpaired) electrons. The van der Waals surface area contributed by atoms with Gasteiger partial charge in [-0.1, -0.05) is 18.2 Å². The molecule has 1 nitrogen and oxygen atoms in total. The van der Waals surface area contributed by atoms with Crippen LogP contribution in [0.2, 0.25) is 0 Å². The summed E-state index contributed by atoms with van der Waals surface area (Å²) in [6.07, 6.45) is 1.62. The lowest BCUT2D eigenvalue weighted by Gasteiger charge is -2.14. The molecule has 0 aliphatic carbocycles. The highest BCUT2D eigenvalue weighted by Crippen LogP contribution is 2.14. The van der Waals surface area contributed by atoms with Gasteiger partial charge in [-0.15, -0.1) is 5.46 Å². The molecule has 1 heterocycles. The Morgan fingerprint density at radius 1 is 1.08 bits per heavy atom. The second kappa shape index (κ2) is 2.55. The summed E-state index contributed by atoms with van der Waals surface area (Å²) in [5.74, 6) is 0. The largest absolute Gasteiger partial charge is 0.509 e. The fourth-order valence-electron chi connectivity index (χ4n) is 1.27. The van der Waals surface area contributed by atoms with Crippen molar-refractivity contribution < 1.29 is 12.9 Å². The molecule has 0 spiro atoms. The highest BCUT2D eigenvalue weighted by atomic mass is 19.4. The molecule has 1 aromatic carbocycles. The van der Waals surface area contributed by atoms with Crippen molar-refractivity contribution in [1.82, 2.24) is 4.98 Å². The molecular formula is C8H6BF3N-. The van der Waals surface area contributed by atoms with Crippen molar-refractivity contribution in [3.8, 4) is 0 Å². The lowest BCUT2D eigenvalue weighted by Crippen LogP contribution is -2.33. The highest BCUT2D eigenvalue weighted by Gasteiger charge is 2.25. The van der Waals surface area contributed by atoms with Crippen molar-refractivity contribution in [3.63, 3.8) is 0 Å². The number of nitrogens with one attached hydrogen (secondary N) is 1. The molecule has 0 saturated carbocycles. The molecule has 0 unspecified atom stereocenters. The van der Waals surface area contributed by atoms with E-state index in [1.54, 1.807) is 12.3 Å². The zero-order valence-electron chi connectivity index (χ0n) is 6.60. The lowest BCUT2D eigenvalue weighted by molar-refractivity contribution is 0.501. The summed E-state index contributed by atoms with van der Waals surface area (Å²) >= 11 is 0. The molecule has 68 valence electrons. The third-order valence-electron chi connectivity index (χ3n) is 1.96. The van der Waals surface area contributed by atoms with Gasteiger partial charge in [0.25, 0.3) is 0 Å². The predicted octanol–water partition coefficient (Wildman–Crippen LogP) is 2.22. The van der Waals surface area contributed by atoms with Crippen molar-refractivity contribution in [1.29, 1.82) is 0 Å². The molecule has 0 aliphatic heterocycles. The van der Waals surface area contributed by atoms with Gasteiger partial charge in [0.15, 0.2) is 0 Å². The second-order valence-electron chi connectivity index (χ2n) is 2.90. The summed E-state index contributed by atoms with van der Waals surface area (Å²) < 4.78 is 36.8. The van der Waals surface area contributed by atoms with Crippen LogP contribution in [0.3, 0.4) is 0 Å². The van der Waals surface area contributed by atoms with Gasteiger partial charge in [-0.3, -0.25) is 0 Å². The highest BCUT2D eigenvalue weighted by molar-refractivity contribution is 6.73. The van der Waals surface area contributed by atoms with E-state index in [2.05, 4.69) is 4.98 Å². The lowest BCUT2D eigenvalue weighted by atomic mass is 9.80. The van der Waals surface area contributed by atoms with Crippen molar-refractivity contribution in [3.05, 3.63) is 30.5 Å². The number of H-pyrrole nitrogens is 1. The molecule has 0 atom stereocenters. The maximum absolute atomic E-state index is 12.3. The second-order valence-corrected chi connectivity index (χ2v) is 2.90. The van der Waals surface area contributed by atoms with Gasteiger partial charge < -0.3 is 17.9 Å². The molecular weight excluding hydrogens is 178 g/mol. The summed E-state index contributed by atoms with van der Waals surface area (Å²) in [6.45, 7) is -4.89. The SMILES string of the molecule is F[B-](F)(F)c1ccc2cc[nH]c2c1. The standard InChI is InChI=1S/C8H6BF3N/c10-9(11,12)7-2-1-6-3-4-13-8(6)5-7/h1-5,13H/q-1. The number of fused-ring (bicyclic) bond motifs is 1. The Labute approximate surface area is 72.6 Å². The topological polar surface area (TPSA) is 15.8 Å². The molecule has 5 heteroatoms. The Hall–Kier alpha value is -1.39. The van der Waals surface area contributed by atoms with Gasteiger partial charge in [0, 0.05) is 11.7 Å². The van der Waals surface area contributed by atoms with E-state index in [1.165, 1.54) is 6.07 Å². The van der Waals surface area contributed by atoms with Gasteiger partial charge in [-0.2, -0.15) is 0 Å². The maximum atomic E-state index is 12.3. The van der Waals surface area contributed by atoms with Crippen LogP contribution >= 0.6 is 0 Å². The quantitative estimate of drug-likeness (QED) is 0.654. The maximum Gasteiger partial charge on any atom is 0.509 e. The van der Waals surface area contributed by atoms with E-state index in [9.17, 15) is 12.9 Å². The van der Waals surface area contributed by atoms with Gasteiger partial charge in [0.2, 0.25) is 0 Å². The van der Waals surface area contributed by atoms with Crippen molar-refractivity contribution in [2.75, 3.05) is 0 Å². The van der Waals surface area contributed by atoms with Crippen molar-refractivity contribution in [2.24, 2.45) is 0 Å². The van der Waals surface area contributed by atoms with Crippen molar-refractivity contribution >= 4 is 23.3 Å². The minimum Gasteiger partial charge on any atom is -0.445 e. The van der Waals surface area contributed by atoms with Crippen LogP contribution in [0.1, 0.15) is 0 Å². The van der Waals surface area contributed by atoms with Crippen LogP contribution < -0.4 is 5.46 Å². The third kappa shape index (κ3) is 1.41. The fraction of sp³-hybridized carbons (Fsp3) is 0. The fourth-order valence-corrected chi connectivity index (χ4v) is 1.27. The van der Waals surface area contributed by atoms with Crippen LogP contribution in [0.15, 0.2) is 30.5 Å². The van der Waals surface area contributed by atoms with Crippen LogP contribution in [0, 0.1) is 0 Å². The predicted molar refractivity (Wildman–Crippen MR) is 47.0 cm³/mol. The minimum absolute atomic E-state index is 0.525. The summed E-state index contributed by atoms with van der Waals surface area (Å²) in [7, 11) is 0. The molecule has 0 fully saturated rings. The molecule has 13 heavy (non-hydrogen) atoms. The van der Waals surface area contributed by atoms with Crippen LogP contribution in [0.25, 0.3) is 10.9 Å². The number of rotatable bonds is 1. The third-order valence-corrected chi connectivity index (χ3v) is 1.96. The van der Waals surface area contributed by atoms with E-state index in [1.807, 2.05) is 0 Å². The van der Waals surface area contributed by atoms with E-state index in [0.717, 1.165) is 17.5 Å². The summed E-state index contributed by atoms with van der Waals surface area (Å²) in [4.78, 5) is 2.74. The number of hydrogen-bond donors (Lipinski definition) is 1. The van der Waals surface area contributed by atoms with E-state index in [4.69, 9.17) is 0 Å². The van der Waals surface area contributed by atoms with E-state index in [0.29, 0.717) is 5.52 Å². The van der Waals surface area contributed by atoms with Gasteiger partial charge in [0.1, 0.15) is 0 Å². The van der Waals surface area contributed by atoms with Gasteiger partial charge in [-0.05, 0) is 11.5 Å². The zero-order chi connectivity index (χ0) is 9.47. The first kappa shape index (κ1) is 8.22. The average molecular weight is 184 g/mol. The Morgan fingerprint density at radius 3 is 2.54 bits per heavy atom. The molecule has 2 rings (SSSR count). The van der Waals surface area contributed by atoms with Gasteiger partial charge >= 0.3 is 6.98 Å². The molecule has 0 saturated heterocycles. The Bertz CT molecular complexity index is 432. The molecule has 1 N–H and O–H groups in total. The number of hydrogen-bond acceptors (Lipinski definition) is 0. The molecule has 0 aliphatic rings.